The summed E-state index contributed by atoms with van der Waals surface area (Å²) in [5, 5.41) is 15.1. The van der Waals surface area contributed by atoms with Gasteiger partial charge >= 0.3 is 5.97 Å². The van der Waals surface area contributed by atoms with E-state index in [4.69, 9.17) is 5.11 Å². The molecule has 92 valence electrons. The lowest BCUT2D eigenvalue weighted by Crippen LogP contribution is -2.39. The number of carbonyl (C=O) groups is 3. The number of amides is 2. The molecule has 0 bridgehead atoms. The highest BCUT2D eigenvalue weighted by atomic mass is 32.1. The summed E-state index contributed by atoms with van der Waals surface area (Å²) >= 11 is 1.33. The number of carboxylic acids is 1. The second-order valence-electron chi connectivity index (χ2n) is 3.10. The van der Waals surface area contributed by atoms with Gasteiger partial charge in [0.25, 0.3) is 5.91 Å². The van der Waals surface area contributed by atoms with E-state index in [0.29, 0.717) is 0 Å². The summed E-state index contributed by atoms with van der Waals surface area (Å²) in [5.74, 6) is -2.16. The van der Waals surface area contributed by atoms with Gasteiger partial charge in [0.2, 0.25) is 5.91 Å². The molecule has 3 N–H and O–H groups in total. The number of carboxylic acid groups (broad SMARTS) is 1. The van der Waals surface area contributed by atoms with Crippen LogP contribution in [0.2, 0.25) is 0 Å². The van der Waals surface area contributed by atoms with Crippen molar-refractivity contribution in [2.45, 2.75) is 6.92 Å². The Kier molecular flexibility index (Phi) is 4.58. The summed E-state index contributed by atoms with van der Waals surface area (Å²) in [6, 6.07) is 0. The van der Waals surface area contributed by atoms with Gasteiger partial charge in [-0.1, -0.05) is 0 Å². The molecule has 8 heteroatoms. The molecule has 17 heavy (non-hydrogen) atoms. The molecule has 0 atom stereocenters. The molecule has 7 nitrogen and oxygen atoms in total. The summed E-state index contributed by atoms with van der Waals surface area (Å²) < 4.78 is 0. The van der Waals surface area contributed by atoms with Crippen LogP contribution in [0, 0.1) is 6.92 Å². The Balaban J connectivity index is 2.33. The quantitative estimate of drug-likeness (QED) is 0.651. The van der Waals surface area contributed by atoms with Crippen LogP contribution in [0.25, 0.3) is 0 Å². The molecule has 0 radical (unpaired) electrons. The molecule has 1 heterocycles. The predicted octanol–water partition coefficient (Wildman–Crippen LogP) is -0.618. The van der Waals surface area contributed by atoms with Crippen LogP contribution in [0.4, 0.5) is 0 Å². The first-order valence-corrected chi connectivity index (χ1v) is 5.56. The molecule has 1 aromatic rings. The number of nitrogens with one attached hydrogen (secondary N) is 2. The van der Waals surface area contributed by atoms with Gasteiger partial charge in [-0.05, 0) is 6.92 Å². The van der Waals surface area contributed by atoms with E-state index in [1.807, 2.05) is 0 Å². The van der Waals surface area contributed by atoms with Crippen molar-refractivity contribution in [2.24, 2.45) is 0 Å². The van der Waals surface area contributed by atoms with E-state index in [9.17, 15) is 14.4 Å². The number of carbonyl (C=O) groups excluding carboxylic acids is 2. The fourth-order valence-corrected chi connectivity index (χ4v) is 1.55. The van der Waals surface area contributed by atoms with E-state index in [1.54, 1.807) is 12.3 Å². The number of hydrogen-bond donors (Lipinski definition) is 3. The molecule has 2 amide bonds. The van der Waals surface area contributed by atoms with E-state index in [2.05, 4.69) is 15.6 Å². The lowest BCUT2D eigenvalue weighted by molar-refractivity contribution is -0.137. The predicted molar refractivity (Wildman–Crippen MR) is 59.8 cm³/mol. The summed E-state index contributed by atoms with van der Waals surface area (Å²) in [4.78, 5) is 36.6. The zero-order valence-electron chi connectivity index (χ0n) is 9.02. The SMILES string of the molecule is Cc1nc(C(=O)NCC(=O)NCC(=O)O)cs1. The summed E-state index contributed by atoms with van der Waals surface area (Å²) in [6.45, 7) is 1.02. The van der Waals surface area contributed by atoms with Gasteiger partial charge in [-0.25, -0.2) is 4.98 Å². The Morgan fingerprint density at radius 3 is 2.59 bits per heavy atom. The average Bonchev–Trinajstić information content (AvgIpc) is 2.70. The fourth-order valence-electron chi connectivity index (χ4n) is 0.956. The maximum Gasteiger partial charge on any atom is 0.322 e. The Hall–Kier alpha value is -1.96. The van der Waals surface area contributed by atoms with Crippen LogP contribution in [0.1, 0.15) is 15.5 Å². The average molecular weight is 257 g/mol. The maximum absolute atomic E-state index is 11.4. The van der Waals surface area contributed by atoms with Gasteiger partial charge in [0, 0.05) is 5.38 Å². The van der Waals surface area contributed by atoms with Crippen molar-refractivity contribution < 1.29 is 19.5 Å². The third kappa shape index (κ3) is 4.60. The minimum atomic E-state index is -1.14. The molecule has 0 fully saturated rings. The summed E-state index contributed by atoms with van der Waals surface area (Å²) in [6.07, 6.45) is 0. The highest BCUT2D eigenvalue weighted by molar-refractivity contribution is 7.09. The lowest BCUT2D eigenvalue weighted by Gasteiger charge is -2.03. The zero-order chi connectivity index (χ0) is 12.8. The van der Waals surface area contributed by atoms with Crippen molar-refractivity contribution in [2.75, 3.05) is 13.1 Å². The molecule has 0 aliphatic carbocycles. The first-order valence-electron chi connectivity index (χ1n) is 4.68. The van der Waals surface area contributed by atoms with E-state index in [1.165, 1.54) is 11.3 Å². The molecule has 0 aromatic carbocycles. The maximum atomic E-state index is 11.4. The Labute approximate surface area is 101 Å². The van der Waals surface area contributed by atoms with Gasteiger partial charge < -0.3 is 15.7 Å². The number of nitrogens with zero attached hydrogens (tertiary/aromatic N) is 1. The van der Waals surface area contributed by atoms with Crippen LogP contribution >= 0.6 is 11.3 Å². The van der Waals surface area contributed by atoms with E-state index in [0.717, 1.165) is 5.01 Å². The largest absolute Gasteiger partial charge is 0.480 e. The monoisotopic (exact) mass is 257 g/mol. The number of rotatable bonds is 5. The highest BCUT2D eigenvalue weighted by Gasteiger charge is 2.11. The van der Waals surface area contributed by atoms with Gasteiger partial charge in [-0.2, -0.15) is 0 Å². The summed E-state index contributed by atoms with van der Waals surface area (Å²) in [7, 11) is 0. The van der Waals surface area contributed by atoms with Gasteiger partial charge in [-0.3, -0.25) is 14.4 Å². The molecule has 0 aliphatic heterocycles. The smallest absolute Gasteiger partial charge is 0.322 e. The molecule has 1 aromatic heterocycles. The van der Waals surface area contributed by atoms with E-state index < -0.39 is 24.3 Å². The second-order valence-corrected chi connectivity index (χ2v) is 4.17. The minimum Gasteiger partial charge on any atom is -0.480 e. The van der Waals surface area contributed by atoms with Gasteiger partial charge in [0.1, 0.15) is 12.2 Å². The first-order chi connectivity index (χ1) is 7.99. The summed E-state index contributed by atoms with van der Waals surface area (Å²) in [5.41, 5.74) is 0.249. The third-order valence-electron chi connectivity index (χ3n) is 1.70. The molecule has 0 aliphatic rings. The topological polar surface area (TPSA) is 108 Å². The molecular formula is C9H11N3O4S. The molecule has 0 spiro atoms. The van der Waals surface area contributed by atoms with Crippen LogP contribution in [-0.2, 0) is 9.59 Å². The van der Waals surface area contributed by atoms with Crippen LogP contribution in [0.3, 0.4) is 0 Å². The Morgan fingerprint density at radius 2 is 2.06 bits per heavy atom. The molecular weight excluding hydrogens is 246 g/mol. The van der Waals surface area contributed by atoms with Crippen molar-refractivity contribution >= 4 is 29.1 Å². The van der Waals surface area contributed by atoms with Crippen molar-refractivity contribution in [3.63, 3.8) is 0 Å². The number of aryl methyl sites for hydroxylation is 1. The second kappa shape index (κ2) is 5.94. The lowest BCUT2D eigenvalue weighted by atomic mass is 10.4. The van der Waals surface area contributed by atoms with Crippen LogP contribution in [0.15, 0.2) is 5.38 Å². The third-order valence-corrected chi connectivity index (χ3v) is 2.47. The van der Waals surface area contributed by atoms with Gasteiger partial charge in [-0.15, -0.1) is 11.3 Å². The van der Waals surface area contributed by atoms with Crippen molar-refractivity contribution in [1.82, 2.24) is 15.6 Å². The first kappa shape index (κ1) is 13.1. The van der Waals surface area contributed by atoms with Crippen molar-refractivity contribution in [3.8, 4) is 0 Å². The van der Waals surface area contributed by atoms with E-state index >= 15 is 0 Å². The molecule has 0 unspecified atom stereocenters. The number of thiazole rings is 1. The minimum absolute atomic E-state index is 0.249. The van der Waals surface area contributed by atoms with Crippen LogP contribution in [0.5, 0.6) is 0 Å². The fraction of sp³-hybridized carbons (Fsp3) is 0.333. The Bertz CT molecular complexity index is 443. The number of aromatic nitrogens is 1. The number of aliphatic carboxylic acids is 1. The van der Waals surface area contributed by atoms with Crippen molar-refractivity contribution in [3.05, 3.63) is 16.1 Å². The Morgan fingerprint density at radius 1 is 1.35 bits per heavy atom. The molecule has 0 saturated carbocycles. The van der Waals surface area contributed by atoms with Gasteiger partial charge in [0.05, 0.1) is 11.6 Å². The zero-order valence-corrected chi connectivity index (χ0v) is 9.84. The van der Waals surface area contributed by atoms with Gasteiger partial charge in [0.15, 0.2) is 0 Å². The van der Waals surface area contributed by atoms with Crippen molar-refractivity contribution in [1.29, 1.82) is 0 Å². The molecule has 1 rings (SSSR count). The van der Waals surface area contributed by atoms with Crippen LogP contribution in [-0.4, -0.2) is 41.0 Å². The van der Waals surface area contributed by atoms with Crippen LogP contribution < -0.4 is 10.6 Å². The van der Waals surface area contributed by atoms with E-state index in [-0.39, 0.29) is 12.2 Å². The molecule has 0 saturated heterocycles. The highest BCUT2D eigenvalue weighted by Crippen LogP contribution is 2.07. The number of hydrogen-bond acceptors (Lipinski definition) is 5. The standard InChI is InChI=1S/C9H11N3O4S/c1-5-12-6(4-17-5)9(16)11-2-7(13)10-3-8(14)15/h4H,2-3H2,1H3,(H,10,13)(H,11,16)(H,14,15). The normalized spacial score (nSPS) is 9.71.